The van der Waals surface area contributed by atoms with Crippen molar-refractivity contribution in [3.8, 4) is 10.8 Å². The zero-order valence-electron chi connectivity index (χ0n) is 4.76. The fraction of sp³-hybridized carbons (Fsp3) is 0. The van der Waals surface area contributed by atoms with Crippen molar-refractivity contribution >= 4 is 11.5 Å². The van der Waals surface area contributed by atoms with Crippen LogP contribution in [0, 0.1) is 0 Å². The summed E-state index contributed by atoms with van der Waals surface area (Å²) in [6.45, 7) is 0. The van der Waals surface area contributed by atoms with Gasteiger partial charge in [0.1, 0.15) is 4.88 Å². The molecule has 0 aromatic carbocycles. The summed E-state index contributed by atoms with van der Waals surface area (Å²) >= 11 is 1.22. The summed E-state index contributed by atoms with van der Waals surface area (Å²) in [5, 5.41) is 10.8. The molecular weight excluding hydrogens is 152 g/mol. The van der Waals surface area contributed by atoms with Crippen LogP contribution in [0.2, 0.25) is 0 Å². The van der Waals surface area contributed by atoms with Gasteiger partial charge in [-0.25, -0.2) is 0 Å². The van der Waals surface area contributed by atoms with Gasteiger partial charge in [-0.1, -0.05) is 4.49 Å². The maximum Gasteiger partial charge on any atom is 0.260 e. The van der Waals surface area contributed by atoms with Gasteiger partial charge in [0.25, 0.3) is 5.89 Å². The molecule has 0 aliphatic rings. The molecule has 2 rings (SSSR count). The largest absolute Gasteiger partial charge is 0.423 e. The number of rotatable bonds is 1. The van der Waals surface area contributed by atoms with Gasteiger partial charge < -0.3 is 4.42 Å². The molecule has 0 saturated heterocycles. The highest BCUT2D eigenvalue weighted by Gasteiger charge is 2.04. The van der Waals surface area contributed by atoms with E-state index in [9.17, 15) is 0 Å². The van der Waals surface area contributed by atoms with Crippen LogP contribution >= 0.6 is 11.5 Å². The third kappa shape index (κ3) is 0.781. The van der Waals surface area contributed by atoms with E-state index < -0.39 is 0 Å². The van der Waals surface area contributed by atoms with Gasteiger partial charge in [-0.15, -0.1) is 15.3 Å². The zero-order valence-corrected chi connectivity index (χ0v) is 5.58. The Balaban J connectivity index is 2.48. The second-order valence-corrected chi connectivity index (χ2v) is 2.31. The van der Waals surface area contributed by atoms with Gasteiger partial charge in [-0.05, 0) is 11.5 Å². The summed E-state index contributed by atoms with van der Waals surface area (Å²) in [7, 11) is 0. The number of hydrogen-bond acceptors (Lipinski definition) is 6. The molecule has 0 unspecified atom stereocenters. The molecular formula is C4H2N4OS. The Hall–Kier alpha value is -1.30. The van der Waals surface area contributed by atoms with Crippen LogP contribution < -0.4 is 0 Å². The lowest BCUT2D eigenvalue weighted by atomic mass is 10.6. The van der Waals surface area contributed by atoms with E-state index in [2.05, 4.69) is 19.8 Å². The molecule has 0 saturated carbocycles. The highest BCUT2D eigenvalue weighted by atomic mass is 32.1. The highest BCUT2D eigenvalue weighted by Crippen LogP contribution is 2.17. The minimum absolute atomic E-state index is 0.468. The lowest BCUT2D eigenvalue weighted by Crippen LogP contribution is -1.69. The Morgan fingerprint density at radius 1 is 1.40 bits per heavy atom. The lowest BCUT2D eigenvalue weighted by molar-refractivity contribution is 0.570. The van der Waals surface area contributed by atoms with Gasteiger partial charge in [-0.3, -0.25) is 0 Å². The van der Waals surface area contributed by atoms with Crippen molar-refractivity contribution in [2.24, 2.45) is 0 Å². The molecule has 2 aromatic heterocycles. The van der Waals surface area contributed by atoms with E-state index in [-0.39, 0.29) is 0 Å². The van der Waals surface area contributed by atoms with Crippen LogP contribution in [0.4, 0.5) is 0 Å². The first kappa shape index (κ1) is 5.48. The highest BCUT2D eigenvalue weighted by molar-refractivity contribution is 7.09. The van der Waals surface area contributed by atoms with Gasteiger partial charge in [0.15, 0.2) is 0 Å². The van der Waals surface area contributed by atoms with Crippen LogP contribution in [0.1, 0.15) is 0 Å². The lowest BCUT2D eigenvalue weighted by Gasteiger charge is -1.77. The number of hydrogen-bond donors (Lipinski definition) is 0. The second kappa shape index (κ2) is 2.14. The predicted octanol–water partition coefficient (Wildman–Crippen LogP) is 0.588. The second-order valence-electron chi connectivity index (χ2n) is 1.53. The minimum atomic E-state index is 0.468. The first-order chi connectivity index (χ1) is 4.97. The van der Waals surface area contributed by atoms with Crippen molar-refractivity contribution in [3.05, 3.63) is 12.6 Å². The fourth-order valence-electron chi connectivity index (χ4n) is 0.542. The molecule has 0 N–H and O–H groups in total. The van der Waals surface area contributed by atoms with E-state index in [4.69, 9.17) is 4.42 Å². The van der Waals surface area contributed by atoms with Gasteiger partial charge in [0, 0.05) is 0 Å². The van der Waals surface area contributed by atoms with Crippen molar-refractivity contribution in [2.45, 2.75) is 0 Å². The molecule has 0 aliphatic carbocycles. The molecule has 50 valence electrons. The fourth-order valence-corrected chi connectivity index (χ4v) is 0.985. The van der Waals surface area contributed by atoms with Gasteiger partial charge >= 0.3 is 0 Å². The van der Waals surface area contributed by atoms with Gasteiger partial charge in [0.05, 0.1) is 6.20 Å². The molecule has 0 atom stereocenters. The summed E-state index contributed by atoms with van der Waals surface area (Å²) in [5.41, 5.74) is 0. The summed E-state index contributed by atoms with van der Waals surface area (Å²) in [6, 6.07) is 0. The Bertz CT molecular complexity index is 257. The average molecular weight is 154 g/mol. The third-order valence-electron chi connectivity index (χ3n) is 0.932. The van der Waals surface area contributed by atoms with Crippen LogP contribution in [0.25, 0.3) is 10.8 Å². The van der Waals surface area contributed by atoms with E-state index in [1.54, 1.807) is 6.20 Å². The van der Waals surface area contributed by atoms with Crippen LogP contribution in [0.15, 0.2) is 17.0 Å². The topological polar surface area (TPSA) is 64.7 Å². The smallest absolute Gasteiger partial charge is 0.260 e. The minimum Gasteiger partial charge on any atom is -0.423 e. The zero-order chi connectivity index (χ0) is 6.81. The predicted molar refractivity (Wildman–Crippen MR) is 33.2 cm³/mol. The van der Waals surface area contributed by atoms with Crippen LogP contribution in [-0.4, -0.2) is 19.8 Å². The molecule has 0 aliphatic heterocycles. The third-order valence-corrected chi connectivity index (χ3v) is 1.58. The summed E-state index contributed by atoms with van der Waals surface area (Å²) < 4.78 is 8.53. The number of aromatic nitrogens is 4. The van der Waals surface area contributed by atoms with E-state index in [0.717, 1.165) is 4.88 Å². The molecule has 0 fully saturated rings. The molecule has 0 bridgehead atoms. The summed E-state index contributed by atoms with van der Waals surface area (Å²) in [5.74, 6) is 0.468. The Labute approximate surface area is 59.9 Å². The van der Waals surface area contributed by atoms with Gasteiger partial charge in [-0.2, -0.15) is 0 Å². The van der Waals surface area contributed by atoms with Crippen molar-refractivity contribution in [1.82, 2.24) is 19.8 Å². The average Bonchev–Trinajstić information content (AvgIpc) is 2.59. The molecule has 2 heterocycles. The monoisotopic (exact) mass is 154 g/mol. The normalized spacial score (nSPS) is 10.0. The van der Waals surface area contributed by atoms with Crippen LogP contribution in [0.3, 0.4) is 0 Å². The van der Waals surface area contributed by atoms with E-state index in [1.807, 2.05) is 0 Å². The van der Waals surface area contributed by atoms with Crippen molar-refractivity contribution in [1.29, 1.82) is 0 Å². The van der Waals surface area contributed by atoms with E-state index >= 15 is 0 Å². The SMILES string of the molecule is c1nnc(-c2cnns2)o1. The molecule has 6 heteroatoms. The molecule has 0 spiro atoms. The molecule has 0 radical (unpaired) electrons. The Kier molecular flexibility index (Phi) is 1.17. The first-order valence-electron chi connectivity index (χ1n) is 2.51. The van der Waals surface area contributed by atoms with Crippen molar-refractivity contribution in [2.75, 3.05) is 0 Å². The Morgan fingerprint density at radius 3 is 3.00 bits per heavy atom. The maximum atomic E-state index is 4.89. The molecule has 5 nitrogen and oxygen atoms in total. The standard InChI is InChI=1S/C4H2N4OS/c1-3(10-8-5-1)4-7-6-2-9-4/h1-2H. The first-order valence-corrected chi connectivity index (χ1v) is 3.28. The van der Waals surface area contributed by atoms with E-state index in [0.29, 0.717) is 5.89 Å². The van der Waals surface area contributed by atoms with Gasteiger partial charge in [0.2, 0.25) is 6.39 Å². The number of nitrogens with zero attached hydrogens (tertiary/aromatic N) is 4. The van der Waals surface area contributed by atoms with E-state index in [1.165, 1.54) is 17.9 Å². The molecule has 0 amide bonds. The maximum absolute atomic E-state index is 4.89. The van der Waals surface area contributed by atoms with Crippen molar-refractivity contribution in [3.63, 3.8) is 0 Å². The quantitative estimate of drug-likeness (QED) is 0.601. The Morgan fingerprint density at radius 2 is 2.40 bits per heavy atom. The van der Waals surface area contributed by atoms with Crippen LogP contribution in [0.5, 0.6) is 0 Å². The summed E-state index contributed by atoms with van der Waals surface area (Å²) in [4.78, 5) is 0.789. The molecule has 2 aromatic rings. The molecule has 10 heavy (non-hydrogen) atoms. The van der Waals surface area contributed by atoms with Crippen LogP contribution in [-0.2, 0) is 0 Å². The van der Waals surface area contributed by atoms with Crippen molar-refractivity contribution < 1.29 is 4.42 Å². The summed E-state index contributed by atoms with van der Waals surface area (Å²) in [6.07, 6.45) is 2.85.